The third kappa shape index (κ3) is 1.98. The molecule has 0 atom stereocenters. The van der Waals surface area contributed by atoms with Crippen LogP contribution >= 0.6 is 0 Å². The Kier molecular flexibility index (Phi) is 2.67. The fourth-order valence-corrected chi connectivity index (χ4v) is 1.51. The topological polar surface area (TPSA) is 42.7 Å². The standard InChI is InChI=1S/C11H14N4/c1-9-3-4-13-7-10(9)8-15-6-5-14-11(15)12-2/h3-7H,8H2,1-2H3,(H,12,14). The molecule has 4 nitrogen and oxygen atoms in total. The molecule has 2 aromatic heterocycles. The molecule has 2 heterocycles. The first-order chi connectivity index (χ1) is 7.31. The zero-order chi connectivity index (χ0) is 10.7. The first-order valence-corrected chi connectivity index (χ1v) is 4.89. The Morgan fingerprint density at radius 1 is 1.40 bits per heavy atom. The van der Waals surface area contributed by atoms with Crippen LogP contribution in [-0.2, 0) is 6.54 Å². The van der Waals surface area contributed by atoms with E-state index in [1.807, 2.05) is 31.7 Å². The van der Waals surface area contributed by atoms with E-state index in [-0.39, 0.29) is 0 Å². The van der Waals surface area contributed by atoms with Crippen molar-refractivity contribution in [1.29, 1.82) is 0 Å². The molecule has 0 bridgehead atoms. The Morgan fingerprint density at radius 3 is 3.00 bits per heavy atom. The van der Waals surface area contributed by atoms with Gasteiger partial charge in [0.1, 0.15) is 0 Å². The molecular formula is C11H14N4. The van der Waals surface area contributed by atoms with Gasteiger partial charge in [-0.15, -0.1) is 0 Å². The molecule has 0 amide bonds. The summed E-state index contributed by atoms with van der Waals surface area (Å²) < 4.78 is 2.06. The average Bonchev–Trinajstić information content (AvgIpc) is 2.69. The summed E-state index contributed by atoms with van der Waals surface area (Å²) in [7, 11) is 1.87. The van der Waals surface area contributed by atoms with Crippen molar-refractivity contribution in [3.63, 3.8) is 0 Å². The zero-order valence-corrected chi connectivity index (χ0v) is 8.94. The summed E-state index contributed by atoms with van der Waals surface area (Å²) in [6, 6.07) is 2.02. The van der Waals surface area contributed by atoms with Gasteiger partial charge in [-0.05, 0) is 24.1 Å². The Bertz CT molecular complexity index is 447. The van der Waals surface area contributed by atoms with Crippen LogP contribution in [0, 0.1) is 6.92 Å². The van der Waals surface area contributed by atoms with E-state index in [0.717, 1.165) is 12.5 Å². The van der Waals surface area contributed by atoms with Crippen molar-refractivity contribution < 1.29 is 0 Å². The van der Waals surface area contributed by atoms with Gasteiger partial charge in [0.2, 0.25) is 5.95 Å². The van der Waals surface area contributed by atoms with Crippen molar-refractivity contribution in [2.45, 2.75) is 13.5 Å². The van der Waals surface area contributed by atoms with Gasteiger partial charge >= 0.3 is 0 Å². The fourth-order valence-electron chi connectivity index (χ4n) is 1.51. The number of aromatic nitrogens is 3. The lowest BCUT2D eigenvalue weighted by Gasteiger charge is -2.08. The highest BCUT2D eigenvalue weighted by atomic mass is 15.2. The molecule has 2 aromatic rings. The summed E-state index contributed by atoms with van der Waals surface area (Å²) in [5.41, 5.74) is 2.47. The quantitative estimate of drug-likeness (QED) is 0.823. The number of pyridine rings is 1. The molecule has 0 unspecified atom stereocenters. The van der Waals surface area contributed by atoms with Crippen LogP contribution in [-0.4, -0.2) is 21.6 Å². The number of nitrogens with one attached hydrogen (secondary N) is 1. The lowest BCUT2D eigenvalue weighted by atomic mass is 10.1. The van der Waals surface area contributed by atoms with Crippen LogP contribution in [0.25, 0.3) is 0 Å². The number of imidazole rings is 1. The Labute approximate surface area is 89.0 Å². The van der Waals surface area contributed by atoms with Crippen molar-refractivity contribution >= 4 is 5.95 Å². The predicted molar refractivity (Wildman–Crippen MR) is 59.8 cm³/mol. The van der Waals surface area contributed by atoms with Crippen LogP contribution in [0.2, 0.25) is 0 Å². The largest absolute Gasteiger partial charge is 0.359 e. The van der Waals surface area contributed by atoms with Crippen molar-refractivity contribution in [2.24, 2.45) is 0 Å². The summed E-state index contributed by atoms with van der Waals surface area (Å²) in [4.78, 5) is 8.32. The Morgan fingerprint density at radius 2 is 2.27 bits per heavy atom. The minimum Gasteiger partial charge on any atom is -0.359 e. The molecule has 78 valence electrons. The number of anilines is 1. The maximum absolute atomic E-state index is 4.19. The summed E-state index contributed by atoms with van der Waals surface area (Å²) in [6.07, 6.45) is 7.45. The number of rotatable bonds is 3. The third-order valence-electron chi connectivity index (χ3n) is 2.43. The van der Waals surface area contributed by atoms with E-state index in [9.17, 15) is 0 Å². The molecule has 4 heteroatoms. The van der Waals surface area contributed by atoms with Gasteiger partial charge in [0, 0.05) is 31.8 Å². The molecule has 1 N–H and O–H groups in total. The van der Waals surface area contributed by atoms with Crippen LogP contribution in [0.3, 0.4) is 0 Å². The molecule has 0 spiro atoms. The monoisotopic (exact) mass is 202 g/mol. The van der Waals surface area contributed by atoms with Crippen molar-refractivity contribution in [3.8, 4) is 0 Å². The van der Waals surface area contributed by atoms with E-state index < -0.39 is 0 Å². The number of hydrogen-bond acceptors (Lipinski definition) is 3. The summed E-state index contributed by atoms with van der Waals surface area (Å²) in [5, 5.41) is 3.05. The molecule has 0 saturated carbocycles. The Balaban J connectivity index is 2.26. The Hall–Kier alpha value is -1.84. The molecule has 0 aliphatic rings. The van der Waals surface area contributed by atoms with Crippen molar-refractivity contribution in [3.05, 3.63) is 42.0 Å². The van der Waals surface area contributed by atoms with Gasteiger partial charge in [0.15, 0.2) is 0 Å². The van der Waals surface area contributed by atoms with E-state index >= 15 is 0 Å². The van der Waals surface area contributed by atoms with Crippen LogP contribution in [0.15, 0.2) is 30.9 Å². The molecular weight excluding hydrogens is 188 g/mol. The van der Waals surface area contributed by atoms with Gasteiger partial charge in [0.05, 0.1) is 6.54 Å². The average molecular weight is 202 g/mol. The van der Waals surface area contributed by atoms with Gasteiger partial charge in [-0.1, -0.05) is 0 Å². The van der Waals surface area contributed by atoms with Gasteiger partial charge in [-0.2, -0.15) is 0 Å². The summed E-state index contributed by atoms with van der Waals surface area (Å²) >= 11 is 0. The molecule has 15 heavy (non-hydrogen) atoms. The van der Waals surface area contributed by atoms with E-state index in [4.69, 9.17) is 0 Å². The van der Waals surface area contributed by atoms with E-state index in [2.05, 4.69) is 26.8 Å². The second kappa shape index (κ2) is 4.13. The highest BCUT2D eigenvalue weighted by molar-refractivity contribution is 5.28. The third-order valence-corrected chi connectivity index (χ3v) is 2.43. The highest BCUT2D eigenvalue weighted by Gasteiger charge is 2.03. The SMILES string of the molecule is CNc1nccn1Cc1cnccc1C. The zero-order valence-electron chi connectivity index (χ0n) is 8.94. The predicted octanol–water partition coefficient (Wildman–Crippen LogP) is 1.68. The van der Waals surface area contributed by atoms with Crippen LogP contribution in [0.1, 0.15) is 11.1 Å². The van der Waals surface area contributed by atoms with Crippen LogP contribution in [0.4, 0.5) is 5.95 Å². The van der Waals surface area contributed by atoms with Crippen molar-refractivity contribution in [1.82, 2.24) is 14.5 Å². The molecule has 0 saturated heterocycles. The number of aryl methyl sites for hydroxylation is 1. The maximum Gasteiger partial charge on any atom is 0.202 e. The van der Waals surface area contributed by atoms with Crippen LogP contribution in [0.5, 0.6) is 0 Å². The highest BCUT2D eigenvalue weighted by Crippen LogP contribution is 2.11. The molecule has 0 radical (unpaired) electrons. The van der Waals surface area contributed by atoms with E-state index in [1.54, 1.807) is 6.20 Å². The van der Waals surface area contributed by atoms with Crippen LogP contribution < -0.4 is 5.32 Å². The molecule has 2 rings (SSSR count). The minimum atomic E-state index is 0.801. The first-order valence-electron chi connectivity index (χ1n) is 4.89. The number of nitrogens with zero attached hydrogens (tertiary/aromatic N) is 3. The van der Waals surface area contributed by atoms with Gasteiger partial charge in [0.25, 0.3) is 0 Å². The first kappa shape index (κ1) is 9.71. The van der Waals surface area contributed by atoms with Crippen molar-refractivity contribution in [2.75, 3.05) is 12.4 Å². The normalized spacial score (nSPS) is 10.3. The van der Waals surface area contributed by atoms with Gasteiger partial charge in [-0.3, -0.25) is 4.98 Å². The maximum atomic E-state index is 4.19. The van der Waals surface area contributed by atoms with E-state index in [0.29, 0.717) is 0 Å². The molecule has 0 fully saturated rings. The lowest BCUT2D eigenvalue weighted by Crippen LogP contribution is -2.05. The molecule has 0 aliphatic carbocycles. The summed E-state index contributed by atoms with van der Waals surface area (Å²) in [6.45, 7) is 2.89. The molecule has 0 aliphatic heterocycles. The smallest absolute Gasteiger partial charge is 0.202 e. The van der Waals surface area contributed by atoms with Gasteiger partial charge < -0.3 is 9.88 Å². The second-order valence-corrected chi connectivity index (χ2v) is 3.43. The lowest BCUT2D eigenvalue weighted by molar-refractivity contribution is 0.795. The minimum absolute atomic E-state index is 0.801. The molecule has 0 aromatic carbocycles. The number of hydrogen-bond donors (Lipinski definition) is 1. The van der Waals surface area contributed by atoms with E-state index in [1.165, 1.54) is 11.1 Å². The fraction of sp³-hybridized carbons (Fsp3) is 0.273. The van der Waals surface area contributed by atoms with Gasteiger partial charge in [-0.25, -0.2) is 4.98 Å². The summed E-state index contributed by atoms with van der Waals surface area (Å²) in [5.74, 6) is 0.873. The second-order valence-electron chi connectivity index (χ2n) is 3.43.